The Hall–Kier alpha value is -2.04. The van der Waals surface area contributed by atoms with Crippen LogP contribution in [0.15, 0.2) is 24.3 Å². The molecule has 1 aromatic carbocycles. The number of benzene rings is 1. The third-order valence-corrected chi connectivity index (χ3v) is 8.53. The number of ether oxygens (including phenoxy) is 1. The van der Waals surface area contributed by atoms with Gasteiger partial charge < -0.3 is 15.0 Å². The summed E-state index contributed by atoms with van der Waals surface area (Å²) < 4.78 is 5.29. The molecule has 5 heteroatoms. The maximum atomic E-state index is 12.9. The fourth-order valence-corrected chi connectivity index (χ4v) is 7.80. The van der Waals surface area contributed by atoms with Crippen LogP contribution in [0.3, 0.4) is 0 Å². The fraction of sp³-hybridized carbons (Fsp3) is 0.619. The monoisotopic (exact) mass is 352 g/mol. The Morgan fingerprint density at radius 3 is 2.92 bits per heavy atom. The molecule has 2 bridgehead atoms. The Morgan fingerprint density at radius 1 is 1.23 bits per heavy atom. The maximum absolute atomic E-state index is 12.9. The van der Waals surface area contributed by atoms with Crippen molar-refractivity contribution in [1.82, 2.24) is 4.90 Å². The minimum absolute atomic E-state index is 0.0597. The summed E-state index contributed by atoms with van der Waals surface area (Å²) in [7, 11) is 1.51. The van der Waals surface area contributed by atoms with Gasteiger partial charge in [0, 0.05) is 30.1 Å². The summed E-state index contributed by atoms with van der Waals surface area (Å²) in [5.74, 6) is 0.0785. The van der Waals surface area contributed by atoms with Gasteiger partial charge in [0.05, 0.1) is 18.6 Å². The van der Waals surface area contributed by atoms with E-state index < -0.39 is 0 Å². The first-order valence-corrected chi connectivity index (χ1v) is 9.83. The number of esters is 1. The first-order valence-electron chi connectivity index (χ1n) is 9.83. The van der Waals surface area contributed by atoms with Crippen molar-refractivity contribution in [2.45, 2.75) is 55.5 Å². The molecule has 3 saturated carbocycles. The summed E-state index contributed by atoms with van der Waals surface area (Å²) in [5, 5.41) is 3.83. The minimum Gasteiger partial charge on any atom is -0.469 e. The molecule has 1 amide bonds. The van der Waals surface area contributed by atoms with Crippen LogP contribution in [0, 0.1) is 11.3 Å². The van der Waals surface area contributed by atoms with E-state index in [0.29, 0.717) is 12.3 Å². The topological polar surface area (TPSA) is 58.6 Å². The van der Waals surface area contributed by atoms with E-state index in [0.717, 1.165) is 44.3 Å². The molecular weight excluding hydrogens is 328 g/mol. The van der Waals surface area contributed by atoms with E-state index in [-0.39, 0.29) is 34.3 Å². The van der Waals surface area contributed by atoms with Gasteiger partial charge in [-0.25, -0.2) is 0 Å². The highest BCUT2D eigenvalue weighted by Gasteiger charge is 2.79. The number of hydrogen-bond donors (Lipinski definition) is 1. The number of carbonyl (C=O) groups is 2. The summed E-state index contributed by atoms with van der Waals surface area (Å²) in [4.78, 5) is 27.8. The van der Waals surface area contributed by atoms with Crippen LogP contribution < -0.4 is 5.32 Å². The van der Waals surface area contributed by atoms with Crippen molar-refractivity contribution in [3.63, 3.8) is 0 Å². The Kier molecular flexibility index (Phi) is 2.57. The number of piperidine rings is 1. The third-order valence-electron chi connectivity index (χ3n) is 8.53. The number of para-hydroxylation sites is 1. The molecule has 6 aliphatic rings. The molecule has 1 aromatic rings. The molecule has 0 aromatic heterocycles. The number of hydrogen-bond acceptors (Lipinski definition) is 4. The van der Waals surface area contributed by atoms with Crippen LogP contribution in [0.4, 0.5) is 5.69 Å². The molecule has 5 nitrogen and oxygen atoms in total. The summed E-state index contributed by atoms with van der Waals surface area (Å²) in [6.07, 6.45) is 5.42. The molecule has 26 heavy (non-hydrogen) atoms. The predicted octanol–water partition coefficient (Wildman–Crippen LogP) is 2.46. The van der Waals surface area contributed by atoms with Crippen LogP contribution in [0.5, 0.6) is 0 Å². The zero-order valence-corrected chi connectivity index (χ0v) is 15.1. The van der Waals surface area contributed by atoms with Gasteiger partial charge in [0.2, 0.25) is 5.91 Å². The number of amides is 1. The number of fused-ring (bicyclic) bond motifs is 3. The third kappa shape index (κ3) is 1.34. The van der Waals surface area contributed by atoms with Gasteiger partial charge in [-0.15, -0.1) is 0 Å². The van der Waals surface area contributed by atoms with E-state index in [1.54, 1.807) is 0 Å². The second-order valence-corrected chi connectivity index (χ2v) is 9.00. The highest BCUT2D eigenvalue weighted by Crippen LogP contribution is 2.74. The lowest BCUT2D eigenvalue weighted by atomic mass is 9.39. The Morgan fingerprint density at radius 2 is 2.08 bits per heavy atom. The van der Waals surface area contributed by atoms with E-state index in [2.05, 4.69) is 34.5 Å². The Balaban J connectivity index is 1.65. The minimum atomic E-state index is -0.317. The van der Waals surface area contributed by atoms with Crippen molar-refractivity contribution in [1.29, 1.82) is 0 Å². The Labute approximate surface area is 153 Å². The molecular formula is C21H24N2O3. The van der Waals surface area contributed by atoms with Crippen molar-refractivity contribution in [3.8, 4) is 0 Å². The van der Waals surface area contributed by atoms with Crippen LogP contribution in [-0.2, 0) is 19.7 Å². The lowest BCUT2D eigenvalue weighted by Gasteiger charge is -2.68. The second kappa shape index (κ2) is 4.44. The van der Waals surface area contributed by atoms with Crippen molar-refractivity contribution in [3.05, 3.63) is 29.8 Å². The van der Waals surface area contributed by atoms with Crippen molar-refractivity contribution in [2.75, 3.05) is 19.0 Å². The van der Waals surface area contributed by atoms with Gasteiger partial charge in [-0.1, -0.05) is 18.2 Å². The van der Waals surface area contributed by atoms with Gasteiger partial charge in [0.1, 0.15) is 0 Å². The van der Waals surface area contributed by atoms with Gasteiger partial charge in [-0.05, 0) is 49.1 Å². The maximum Gasteiger partial charge on any atom is 0.311 e. The van der Waals surface area contributed by atoms with Crippen molar-refractivity contribution < 1.29 is 14.3 Å². The number of carbonyl (C=O) groups excluding carboxylic acids is 2. The van der Waals surface area contributed by atoms with E-state index in [4.69, 9.17) is 4.74 Å². The van der Waals surface area contributed by atoms with Gasteiger partial charge in [-0.2, -0.15) is 0 Å². The lowest BCUT2D eigenvalue weighted by Crippen LogP contribution is -2.77. The first-order chi connectivity index (χ1) is 12.6. The molecule has 5 fully saturated rings. The largest absolute Gasteiger partial charge is 0.469 e. The van der Waals surface area contributed by atoms with Crippen molar-refractivity contribution >= 4 is 17.6 Å². The number of rotatable bonds is 1. The summed E-state index contributed by atoms with van der Waals surface area (Å²) in [6.45, 7) is 0.816. The summed E-state index contributed by atoms with van der Waals surface area (Å²) >= 11 is 0. The highest BCUT2D eigenvalue weighted by molar-refractivity contribution is 5.84. The number of nitrogens with zero attached hydrogens (tertiary/aromatic N) is 1. The van der Waals surface area contributed by atoms with E-state index in [9.17, 15) is 9.59 Å². The standard InChI is InChI=1S/C21H24N2O3/c1-26-17(25)14-12-19-7-6-16(24)23-11-10-20(18(19)23)13-4-2-3-5-15(13)22-21(14,20)9-8-19/h2-5,14,18,22H,6-12H2,1H3/t14-,18+,19+,20-,21+/m1/s1. The SMILES string of the molecule is COC(=O)[C@H]1C[C@]23CCC(=O)N4CC[C@@]5(c6ccccc6N[C@@]15CC2)[C@@H]43. The quantitative estimate of drug-likeness (QED) is 0.789. The van der Waals surface area contributed by atoms with Crippen molar-refractivity contribution in [2.24, 2.45) is 11.3 Å². The van der Waals surface area contributed by atoms with Gasteiger partial charge in [0.15, 0.2) is 0 Å². The molecule has 7 rings (SSSR count). The van der Waals surface area contributed by atoms with Gasteiger partial charge >= 0.3 is 5.97 Å². The van der Waals surface area contributed by atoms with Crippen LogP contribution in [0.25, 0.3) is 0 Å². The number of nitrogens with one attached hydrogen (secondary N) is 1. The van der Waals surface area contributed by atoms with Crippen LogP contribution >= 0.6 is 0 Å². The average molecular weight is 352 g/mol. The van der Waals surface area contributed by atoms with Gasteiger partial charge in [0.25, 0.3) is 0 Å². The van der Waals surface area contributed by atoms with Crippen LogP contribution in [-0.4, -0.2) is 42.0 Å². The predicted molar refractivity (Wildman–Crippen MR) is 95.6 cm³/mol. The smallest absolute Gasteiger partial charge is 0.311 e. The molecule has 1 N–H and O–H groups in total. The molecule has 3 aliphatic heterocycles. The second-order valence-electron chi connectivity index (χ2n) is 9.00. The molecule has 5 atom stereocenters. The molecule has 3 heterocycles. The molecule has 0 radical (unpaired) electrons. The molecule has 0 unspecified atom stereocenters. The zero-order chi connectivity index (χ0) is 17.7. The number of methoxy groups -OCH3 is 1. The normalized spacial score (nSPS) is 44.2. The summed E-state index contributed by atoms with van der Waals surface area (Å²) in [5.41, 5.74) is 2.06. The van der Waals surface area contributed by atoms with Crippen LogP contribution in [0.1, 0.15) is 44.1 Å². The van der Waals surface area contributed by atoms with E-state index in [1.165, 1.54) is 12.7 Å². The van der Waals surface area contributed by atoms with Crippen LogP contribution in [0.2, 0.25) is 0 Å². The van der Waals surface area contributed by atoms with E-state index in [1.807, 2.05) is 0 Å². The highest BCUT2D eigenvalue weighted by atomic mass is 16.5. The zero-order valence-electron chi connectivity index (χ0n) is 15.1. The number of anilines is 1. The average Bonchev–Trinajstić information content (AvgIpc) is 3.23. The fourth-order valence-electron chi connectivity index (χ4n) is 7.80. The molecule has 136 valence electrons. The molecule has 3 aliphatic carbocycles. The first kappa shape index (κ1) is 15.1. The summed E-state index contributed by atoms with van der Waals surface area (Å²) in [6, 6.07) is 8.75. The molecule has 3 spiro atoms. The van der Waals surface area contributed by atoms with Gasteiger partial charge in [-0.3, -0.25) is 9.59 Å². The lowest BCUT2D eigenvalue weighted by molar-refractivity contribution is -0.176. The Bertz CT molecular complexity index is 853. The van der Waals surface area contributed by atoms with E-state index >= 15 is 0 Å². The molecule has 2 saturated heterocycles.